The van der Waals surface area contributed by atoms with E-state index in [1.54, 1.807) is 25.7 Å². The summed E-state index contributed by atoms with van der Waals surface area (Å²) in [7, 11) is 0. The van der Waals surface area contributed by atoms with Crippen LogP contribution in [-0.4, -0.2) is 0 Å². The topological polar surface area (TPSA) is 0 Å². The van der Waals surface area contributed by atoms with Crippen molar-refractivity contribution in [3.05, 3.63) is 102 Å². The Hall–Kier alpha value is -1.98. The van der Waals surface area contributed by atoms with Gasteiger partial charge in [-0.1, -0.05) is 24.3 Å². The van der Waals surface area contributed by atoms with Crippen molar-refractivity contribution in [2.45, 2.75) is 18.3 Å². The zero-order valence-corrected chi connectivity index (χ0v) is 13.3. The molecule has 0 heterocycles. The van der Waals surface area contributed by atoms with E-state index < -0.39 is 29.4 Å². The maximum absolute atomic E-state index is 12.8. The monoisotopic (exact) mass is 367 g/mol. The molecular formula is C20H13F6. The zero-order valence-electron chi connectivity index (χ0n) is 13.3. The minimum atomic E-state index is -4.44. The number of halogens is 6. The van der Waals surface area contributed by atoms with Crippen LogP contribution in [0.1, 0.15) is 28.2 Å². The molecule has 0 bridgehead atoms. The van der Waals surface area contributed by atoms with Crippen molar-refractivity contribution in [1.29, 1.82) is 0 Å². The summed E-state index contributed by atoms with van der Waals surface area (Å²) in [6, 6.07) is 9.36. The lowest BCUT2D eigenvalue weighted by Crippen LogP contribution is -2.12. The zero-order chi connectivity index (χ0) is 18.9. The summed E-state index contributed by atoms with van der Waals surface area (Å²) in [6.07, 6.45) is -1.75. The van der Waals surface area contributed by atoms with Crippen LogP contribution in [0.25, 0.3) is 0 Å². The van der Waals surface area contributed by atoms with Gasteiger partial charge >= 0.3 is 12.4 Å². The second kappa shape index (κ2) is 6.97. The number of rotatable bonds is 3. The maximum Gasteiger partial charge on any atom is 0.416 e. The van der Waals surface area contributed by atoms with E-state index in [9.17, 15) is 26.3 Å². The van der Waals surface area contributed by atoms with E-state index >= 15 is 0 Å². The predicted molar refractivity (Wildman–Crippen MR) is 85.2 cm³/mol. The van der Waals surface area contributed by atoms with Gasteiger partial charge in [0.15, 0.2) is 0 Å². The Morgan fingerprint density at radius 1 is 0.538 bits per heavy atom. The van der Waals surface area contributed by atoms with Gasteiger partial charge in [-0.3, -0.25) is 0 Å². The van der Waals surface area contributed by atoms with Crippen LogP contribution in [0.4, 0.5) is 26.3 Å². The average Bonchev–Trinajstić information content (AvgIpc) is 3.08. The van der Waals surface area contributed by atoms with E-state index in [1.807, 2.05) is 0 Å². The van der Waals surface area contributed by atoms with Gasteiger partial charge in [0, 0.05) is 5.92 Å². The Labute approximate surface area is 147 Å². The van der Waals surface area contributed by atoms with Crippen LogP contribution in [0.2, 0.25) is 0 Å². The molecule has 135 valence electrons. The van der Waals surface area contributed by atoms with Crippen LogP contribution in [0.3, 0.4) is 0 Å². The maximum atomic E-state index is 12.8. The first-order valence-electron chi connectivity index (χ1n) is 7.72. The number of benzene rings is 2. The Morgan fingerprint density at radius 2 is 0.885 bits per heavy atom. The Balaban J connectivity index is 1.95. The van der Waals surface area contributed by atoms with E-state index in [1.165, 1.54) is 24.3 Å². The predicted octanol–water partition coefficient (Wildman–Crippen LogP) is 6.26. The quantitative estimate of drug-likeness (QED) is 0.562. The van der Waals surface area contributed by atoms with Crippen molar-refractivity contribution in [2.24, 2.45) is 0 Å². The molecule has 1 fully saturated rings. The minimum Gasteiger partial charge on any atom is -0.166 e. The third-order valence-electron chi connectivity index (χ3n) is 4.16. The molecule has 0 aromatic heterocycles. The third kappa shape index (κ3) is 4.05. The molecule has 6 heteroatoms. The second-order valence-corrected chi connectivity index (χ2v) is 5.89. The molecule has 1 aliphatic carbocycles. The number of hydrogen-bond acceptors (Lipinski definition) is 0. The molecule has 0 amide bonds. The highest BCUT2D eigenvalue weighted by Crippen LogP contribution is 2.42. The fourth-order valence-electron chi connectivity index (χ4n) is 2.89. The number of alkyl halides is 6. The van der Waals surface area contributed by atoms with E-state index in [0.29, 0.717) is 11.1 Å². The lowest BCUT2D eigenvalue weighted by atomic mass is 9.79. The Bertz CT molecular complexity index is 661. The first-order valence-corrected chi connectivity index (χ1v) is 7.72. The molecule has 0 unspecified atom stereocenters. The van der Waals surface area contributed by atoms with Crippen LogP contribution in [0.15, 0.2) is 48.5 Å². The molecule has 0 aliphatic heterocycles. The van der Waals surface area contributed by atoms with Crippen molar-refractivity contribution >= 4 is 0 Å². The molecular weight excluding hydrogens is 354 g/mol. The molecule has 2 aromatic rings. The summed E-state index contributed by atoms with van der Waals surface area (Å²) in [5.74, 6) is 0.346. The Kier molecular flexibility index (Phi) is 5.04. The van der Waals surface area contributed by atoms with Crippen LogP contribution in [-0.2, 0) is 12.4 Å². The highest BCUT2D eigenvalue weighted by molar-refractivity contribution is 5.50. The van der Waals surface area contributed by atoms with Crippen molar-refractivity contribution in [3.63, 3.8) is 0 Å². The van der Waals surface area contributed by atoms with Crippen molar-refractivity contribution in [2.75, 3.05) is 0 Å². The lowest BCUT2D eigenvalue weighted by Gasteiger charge is -2.24. The first kappa shape index (κ1) is 18.8. The molecule has 0 nitrogen and oxygen atoms in total. The highest BCUT2D eigenvalue weighted by atomic mass is 19.4. The third-order valence-corrected chi connectivity index (χ3v) is 4.16. The van der Waals surface area contributed by atoms with Crippen LogP contribution in [0, 0.1) is 31.6 Å². The molecule has 26 heavy (non-hydrogen) atoms. The minimum absolute atomic E-state index is 0.449. The summed E-state index contributed by atoms with van der Waals surface area (Å²) < 4.78 is 76.6. The molecule has 3 rings (SSSR count). The largest absolute Gasteiger partial charge is 0.416 e. The van der Waals surface area contributed by atoms with Gasteiger partial charge in [-0.25, -0.2) is 0 Å². The summed E-state index contributed by atoms with van der Waals surface area (Å²) in [6.45, 7) is 0. The highest BCUT2D eigenvalue weighted by Gasteiger charge is 2.34. The molecule has 1 aliphatic rings. The van der Waals surface area contributed by atoms with Crippen LogP contribution >= 0.6 is 0 Å². The first-order chi connectivity index (χ1) is 12.2. The van der Waals surface area contributed by atoms with Crippen LogP contribution < -0.4 is 0 Å². The van der Waals surface area contributed by atoms with Gasteiger partial charge in [0.25, 0.3) is 0 Å². The number of hydrogen-bond donors (Lipinski definition) is 0. The molecule has 2 aromatic carbocycles. The molecule has 0 spiro atoms. The van der Waals surface area contributed by atoms with Gasteiger partial charge in [-0.05, 0) is 67.0 Å². The molecule has 5 radical (unpaired) electrons. The van der Waals surface area contributed by atoms with E-state index in [-0.39, 0.29) is 0 Å². The van der Waals surface area contributed by atoms with Gasteiger partial charge in [0.1, 0.15) is 0 Å². The molecule has 0 saturated heterocycles. The van der Waals surface area contributed by atoms with Gasteiger partial charge in [0.2, 0.25) is 0 Å². The van der Waals surface area contributed by atoms with Crippen molar-refractivity contribution in [1.82, 2.24) is 0 Å². The summed E-state index contributed by atoms with van der Waals surface area (Å²) in [5.41, 5.74) is -0.391. The molecule has 0 N–H and O–H groups in total. The van der Waals surface area contributed by atoms with Crippen LogP contribution in [0.5, 0.6) is 0 Å². The van der Waals surface area contributed by atoms with Gasteiger partial charge in [-0.15, -0.1) is 0 Å². The van der Waals surface area contributed by atoms with E-state index in [2.05, 4.69) is 0 Å². The van der Waals surface area contributed by atoms with Crippen molar-refractivity contribution in [3.8, 4) is 0 Å². The fourth-order valence-corrected chi connectivity index (χ4v) is 2.89. The fraction of sp³-hybridized carbons (Fsp3) is 0.150. The van der Waals surface area contributed by atoms with Crippen molar-refractivity contribution < 1.29 is 26.3 Å². The standard InChI is InChI=1S/C20H13F6/c21-19(22,23)16-9-5-14(6-10-16)18(13-3-1-2-4-13)15-7-11-17(12-8-15)20(24,25)26/h1-12,18H. The summed E-state index contributed by atoms with van der Waals surface area (Å²) >= 11 is 0. The average molecular weight is 367 g/mol. The van der Waals surface area contributed by atoms with E-state index in [0.717, 1.165) is 30.2 Å². The second-order valence-electron chi connectivity index (χ2n) is 5.89. The SMILES string of the molecule is FC(F)(F)c1ccc(C([C]2[CH][CH][CH][CH]2)c2ccc(C(F)(F)F)cc2)cc1. The molecule has 0 atom stereocenters. The summed E-state index contributed by atoms with van der Waals surface area (Å²) in [4.78, 5) is 0. The smallest absolute Gasteiger partial charge is 0.166 e. The van der Waals surface area contributed by atoms with Gasteiger partial charge in [-0.2, -0.15) is 26.3 Å². The van der Waals surface area contributed by atoms with Gasteiger partial charge < -0.3 is 0 Å². The Morgan fingerprint density at radius 3 is 1.19 bits per heavy atom. The summed E-state index contributed by atoms with van der Waals surface area (Å²) in [5, 5.41) is 0. The van der Waals surface area contributed by atoms with Gasteiger partial charge in [0.05, 0.1) is 11.1 Å². The van der Waals surface area contributed by atoms with E-state index in [4.69, 9.17) is 0 Å². The lowest BCUT2D eigenvalue weighted by molar-refractivity contribution is -0.138. The molecule has 1 saturated carbocycles. The normalized spacial score (nSPS) is 16.4.